The first-order valence-electron chi connectivity index (χ1n) is 8.38. The lowest BCUT2D eigenvalue weighted by molar-refractivity contribution is -0.384. The predicted molar refractivity (Wildman–Crippen MR) is 89.3 cm³/mol. The molecule has 23 heavy (non-hydrogen) atoms. The van der Waals surface area contributed by atoms with Gasteiger partial charge in [0.05, 0.1) is 11.3 Å². The third kappa shape index (κ3) is 6.36. The number of nitro groups is 1. The number of benzene rings is 1. The summed E-state index contributed by atoms with van der Waals surface area (Å²) in [6.07, 6.45) is 7.98. The topological polar surface area (TPSA) is 84.3 Å². The van der Waals surface area contributed by atoms with Crippen molar-refractivity contribution >= 4 is 11.6 Å². The molecule has 2 rings (SSSR count). The summed E-state index contributed by atoms with van der Waals surface area (Å²) in [4.78, 5) is 22.0. The Morgan fingerprint density at radius 3 is 2.35 bits per heavy atom. The van der Waals surface area contributed by atoms with E-state index in [9.17, 15) is 14.9 Å². The van der Waals surface area contributed by atoms with Crippen molar-refractivity contribution in [2.45, 2.75) is 51.0 Å². The largest absolute Gasteiger partial charge is 0.355 e. The van der Waals surface area contributed by atoms with E-state index in [2.05, 4.69) is 10.6 Å². The maximum absolute atomic E-state index is 11.9. The minimum absolute atomic E-state index is 0.0433. The molecular formula is C17H25N3O3. The van der Waals surface area contributed by atoms with Crippen molar-refractivity contribution in [3.8, 4) is 0 Å². The first-order valence-corrected chi connectivity index (χ1v) is 8.38. The molecule has 1 aromatic rings. The van der Waals surface area contributed by atoms with Crippen molar-refractivity contribution < 1.29 is 9.72 Å². The van der Waals surface area contributed by atoms with Crippen LogP contribution in [-0.4, -0.2) is 30.0 Å². The Kier molecular flexibility index (Phi) is 7.00. The minimum Gasteiger partial charge on any atom is -0.355 e. The summed E-state index contributed by atoms with van der Waals surface area (Å²) in [6.45, 7) is 1.40. The molecule has 2 N–H and O–H groups in total. The summed E-state index contributed by atoms with van der Waals surface area (Å²) in [5, 5.41) is 17.0. The molecule has 1 saturated carbocycles. The van der Waals surface area contributed by atoms with Gasteiger partial charge in [-0.1, -0.05) is 37.8 Å². The summed E-state index contributed by atoms with van der Waals surface area (Å²) >= 11 is 0. The van der Waals surface area contributed by atoms with Crippen LogP contribution in [0.25, 0.3) is 0 Å². The van der Waals surface area contributed by atoms with E-state index in [4.69, 9.17) is 0 Å². The first kappa shape index (κ1) is 17.4. The molecule has 0 saturated heterocycles. The number of amides is 1. The van der Waals surface area contributed by atoms with E-state index < -0.39 is 4.92 Å². The van der Waals surface area contributed by atoms with Crippen LogP contribution in [-0.2, 0) is 11.2 Å². The number of hydrogen-bond donors (Lipinski definition) is 2. The molecule has 0 atom stereocenters. The standard InChI is InChI=1S/C17H25N3O3/c21-17(13-14-7-9-16(10-8-14)20(22)23)19-12-11-18-15-5-3-1-2-4-6-15/h7-10,15,18H,1-6,11-13H2,(H,19,21). The van der Waals surface area contributed by atoms with Crippen LogP contribution in [0.4, 0.5) is 5.69 Å². The second-order valence-electron chi connectivity index (χ2n) is 6.09. The van der Waals surface area contributed by atoms with Crippen molar-refractivity contribution in [2.75, 3.05) is 13.1 Å². The Labute approximate surface area is 136 Å². The van der Waals surface area contributed by atoms with Gasteiger partial charge in [0.15, 0.2) is 0 Å². The lowest BCUT2D eigenvalue weighted by atomic mass is 10.1. The van der Waals surface area contributed by atoms with Crippen LogP contribution in [0.3, 0.4) is 0 Å². The zero-order chi connectivity index (χ0) is 16.5. The van der Waals surface area contributed by atoms with Crippen molar-refractivity contribution in [3.05, 3.63) is 39.9 Å². The Morgan fingerprint density at radius 1 is 1.09 bits per heavy atom. The second-order valence-corrected chi connectivity index (χ2v) is 6.09. The molecule has 0 spiro atoms. The summed E-state index contributed by atoms with van der Waals surface area (Å²) in [5.41, 5.74) is 0.826. The highest BCUT2D eigenvalue weighted by Crippen LogP contribution is 2.16. The van der Waals surface area contributed by atoms with Gasteiger partial charge in [-0.05, 0) is 18.4 Å². The molecule has 0 radical (unpaired) electrons. The van der Waals surface area contributed by atoms with E-state index in [1.807, 2.05) is 0 Å². The third-order valence-corrected chi connectivity index (χ3v) is 4.25. The van der Waals surface area contributed by atoms with Crippen LogP contribution in [0.5, 0.6) is 0 Å². The maximum Gasteiger partial charge on any atom is 0.269 e. The Morgan fingerprint density at radius 2 is 1.74 bits per heavy atom. The quantitative estimate of drug-likeness (QED) is 0.350. The van der Waals surface area contributed by atoms with Gasteiger partial charge in [-0.15, -0.1) is 0 Å². The Bertz CT molecular complexity index is 508. The summed E-state index contributed by atoms with van der Waals surface area (Å²) < 4.78 is 0. The minimum atomic E-state index is -0.441. The van der Waals surface area contributed by atoms with E-state index in [1.54, 1.807) is 12.1 Å². The van der Waals surface area contributed by atoms with E-state index in [-0.39, 0.29) is 18.0 Å². The zero-order valence-electron chi connectivity index (χ0n) is 13.4. The number of nitrogens with zero attached hydrogens (tertiary/aromatic N) is 1. The van der Waals surface area contributed by atoms with E-state index in [1.165, 1.54) is 50.7 Å². The number of non-ortho nitro benzene ring substituents is 1. The van der Waals surface area contributed by atoms with Crippen LogP contribution in [0.2, 0.25) is 0 Å². The van der Waals surface area contributed by atoms with Crippen LogP contribution < -0.4 is 10.6 Å². The molecule has 1 amide bonds. The number of carbonyl (C=O) groups excluding carboxylic acids is 1. The Balaban J connectivity index is 1.63. The third-order valence-electron chi connectivity index (χ3n) is 4.25. The van der Waals surface area contributed by atoms with Gasteiger partial charge in [0.25, 0.3) is 5.69 Å². The number of carbonyl (C=O) groups is 1. The van der Waals surface area contributed by atoms with Gasteiger partial charge in [-0.3, -0.25) is 14.9 Å². The smallest absolute Gasteiger partial charge is 0.269 e. The number of rotatable bonds is 7. The lowest BCUT2D eigenvalue weighted by Crippen LogP contribution is -2.37. The Hall–Kier alpha value is -1.95. The molecule has 126 valence electrons. The van der Waals surface area contributed by atoms with Gasteiger partial charge in [0.2, 0.25) is 5.91 Å². The summed E-state index contributed by atoms with van der Waals surface area (Å²) in [7, 11) is 0. The molecule has 0 bridgehead atoms. The lowest BCUT2D eigenvalue weighted by Gasteiger charge is -2.16. The van der Waals surface area contributed by atoms with Gasteiger partial charge >= 0.3 is 0 Å². The summed E-state index contributed by atoms with van der Waals surface area (Å²) in [6, 6.07) is 6.69. The van der Waals surface area contributed by atoms with Crippen molar-refractivity contribution in [2.24, 2.45) is 0 Å². The highest BCUT2D eigenvalue weighted by Gasteiger charge is 2.11. The normalized spacial score (nSPS) is 15.8. The maximum atomic E-state index is 11.9. The van der Waals surface area contributed by atoms with Crippen LogP contribution in [0.1, 0.15) is 44.1 Å². The van der Waals surface area contributed by atoms with Gasteiger partial charge in [0.1, 0.15) is 0 Å². The molecule has 0 unspecified atom stereocenters. The van der Waals surface area contributed by atoms with E-state index >= 15 is 0 Å². The molecule has 0 aliphatic heterocycles. The van der Waals surface area contributed by atoms with Crippen LogP contribution in [0.15, 0.2) is 24.3 Å². The zero-order valence-corrected chi connectivity index (χ0v) is 13.4. The number of nitrogens with one attached hydrogen (secondary N) is 2. The molecule has 6 heteroatoms. The average molecular weight is 319 g/mol. The fourth-order valence-electron chi connectivity index (χ4n) is 2.95. The van der Waals surface area contributed by atoms with Gasteiger partial charge in [-0.2, -0.15) is 0 Å². The van der Waals surface area contributed by atoms with Gasteiger partial charge in [0, 0.05) is 31.3 Å². The molecule has 0 aromatic heterocycles. The second kappa shape index (κ2) is 9.25. The highest BCUT2D eigenvalue weighted by molar-refractivity contribution is 5.78. The van der Waals surface area contributed by atoms with Crippen LogP contribution >= 0.6 is 0 Å². The molecular weight excluding hydrogens is 294 g/mol. The molecule has 1 aliphatic rings. The predicted octanol–water partition coefficient (Wildman–Crippen LogP) is 2.57. The fraction of sp³-hybridized carbons (Fsp3) is 0.588. The van der Waals surface area contributed by atoms with E-state index in [0.29, 0.717) is 12.6 Å². The summed E-state index contributed by atoms with van der Waals surface area (Å²) in [5.74, 6) is -0.0541. The van der Waals surface area contributed by atoms with Gasteiger partial charge in [-0.25, -0.2) is 0 Å². The average Bonchev–Trinajstić information content (AvgIpc) is 2.81. The van der Waals surface area contributed by atoms with Crippen LogP contribution in [0, 0.1) is 10.1 Å². The van der Waals surface area contributed by atoms with E-state index in [0.717, 1.165) is 12.1 Å². The fourth-order valence-corrected chi connectivity index (χ4v) is 2.95. The van der Waals surface area contributed by atoms with Crippen molar-refractivity contribution in [1.29, 1.82) is 0 Å². The first-order chi connectivity index (χ1) is 11.1. The molecule has 1 aliphatic carbocycles. The van der Waals surface area contributed by atoms with Gasteiger partial charge < -0.3 is 10.6 Å². The molecule has 6 nitrogen and oxygen atoms in total. The van der Waals surface area contributed by atoms with Crippen molar-refractivity contribution in [1.82, 2.24) is 10.6 Å². The molecule has 0 heterocycles. The molecule has 1 aromatic carbocycles. The molecule has 1 fully saturated rings. The highest BCUT2D eigenvalue weighted by atomic mass is 16.6. The van der Waals surface area contributed by atoms with Crippen molar-refractivity contribution in [3.63, 3.8) is 0 Å². The number of hydrogen-bond acceptors (Lipinski definition) is 4. The number of nitro benzene ring substituents is 1. The monoisotopic (exact) mass is 319 g/mol. The SMILES string of the molecule is O=C(Cc1ccc([N+](=O)[O-])cc1)NCCNC1CCCCCC1.